The Bertz CT molecular complexity index is 208. The summed E-state index contributed by atoms with van der Waals surface area (Å²) in [7, 11) is 1.69. The molecule has 0 aromatic heterocycles. The van der Waals surface area contributed by atoms with Crippen molar-refractivity contribution in [1.82, 2.24) is 5.32 Å². The summed E-state index contributed by atoms with van der Waals surface area (Å²) in [5.41, 5.74) is 0. The van der Waals surface area contributed by atoms with E-state index in [0.29, 0.717) is 19.3 Å². The summed E-state index contributed by atoms with van der Waals surface area (Å²) in [5.74, 6) is 0.807. The molecule has 1 unspecified atom stereocenters. The van der Waals surface area contributed by atoms with Crippen molar-refractivity contribution in [3.8, 4) is 0 Å². The highest BCUT2D eigenvalue weighted by atomic mass is 16.5. The summed E-state index contributed by atoms with van der Waals surface area (Å²) in [6.45, 7) is 6.96. The van der Waals surface area contributed by atoms with Gasteiger partial charge in [0.1, 0.15) is 0 Å². The van der Waals surface area contributed by atoms with Crippen LogP contribution in [-0.2, 0) is 14.2 Å². The topological polar surface area (TPSA) is 39.7 Å². The molecule has 1 atom stereocenters. The van der Waals surface area contributed by atoms with E-state index in [4.69, 9.17) is 14.2 Å². The van der Waals surface area contributed by atoms with Crippen molar-refractivity contribution in [2.45, 2.75) is 51.5 Å². The second-order valence-electron chi connectivity index (χ2n) is 5.60. The molecule has 1 saturated carbocycles. The van der Waals surface area contributed by atoms with Crippen molar-refractivity contribution in [2.75, 3.05) is 46.7 Å². The molecule has 20 heavy (non-hydrogen) atoms. The molecule has 0 spiro atoms. The molecule has 120 valence electrons. The van der Waals surface area contributed by atoms with Crippen molar-refractivity contribution in [3.63, 3.8) is 0 Å². The number of nitrogens with one attached hydrogen (secondary N) is 1. The average Bonchev–Trinajstić information content (AvgIpc) is 2.50. The Morgan fingerprint density at radius 1 is 1.00 bits per heavy atom. The maximum atomic E-state index is 5.83. The zero-order valence-corrected chi connectivity index (χ0v) is 13.4. The molecule has 4 heteroatoms. The first-order chi connectivity index (χ1) is 9.88. The molecule has 4 nitrogen and oxygen atoms in total. The number of ether oxygens (including phenoxy) is 3. The Labute approximate surface area is 124 Å². The van der Waals surface area contributed by atoms with Crippen LogP contribution in [0.4, 0.5) is 0 Å². The van der Waals surface area contributed by atoms with E-state index in [0.717, 1.165) is 38.7 Å². The van der Waals surface area contributed by atoms with Crippen LogP contribution in [0.3, 0.4) is 0 Å². The zero-order valence-electron chi connectivity index (χ0n) is 13.4. The van der Waals surface area contributed by atoms with Gasteiger partial charge in [0.2, 0.25) is 0 Å². The van der Waals surface area contributed by atoms with Gasteiger partial charge in [-0.25, -0.2) is 0 Å². The van der Waals surface area contributed by atoms with Gasteiger partial charge in [-0.1, -0.05) is 26.2 Å². The van der Waals surface area contributed by atoms with Gasteiger partial charge in [0.25, 0.3) is 0 Å². The molecule has 1 aliphatic carbocycles. The summed E-state index contributed by atoms with van der Waals surface area (Å²) < 4.78 is 16.2. The van der Waals surface area contributed by atoms with E-state index >= 15 is 0 Å². The zero-order chi connectivity index (χ0) is 14.5. The average molecular weight is 287 g/mol. The van der Waals surface area contributed by atoms with Crippen molar-refractivity contribution >= 4 is 0 Å². The number of hydrogen-bond donors (Lipinski definition) is 1. The van der Waals surface area contributed by atoms with Crippen LogP contribution in [0, 0.1) is 5.92 Å². The first-order valence-corrected chi connectivity index (χ1v) is 8.26. The number of rotatable bonds is 12. The standard InChI is InChI=1S/C16H33NO3/c1-3-17-16(15-8-5-4-6-9-15)14-20-11-7-10-19-13-12-18-2/h15-17H,3-14H2,1-2H3. The Morgan fingerprint density at radius 2 is 1.75 bits per heavy atom. The van der Waals surface area contributed by atoms with Crippen molar-refractivity contribution in [3.05, 3.63) is 0 Å². The lowest BCUT2D eigenvalue weighted by molar-refractivity contribution is 0.0416. The number of likely N-dealkylation sites (N-methyl/N-ethyl adjacent to an activating group) is 1. The Balaban J connectivity index is 2.03. The lowest BCUT2D eigenvalue weighted by Gasteiger charge is -2.30. The van der Waals surface area contributed by atoms with E-state index in [2.05, 4.69) is 12.2 Å². The third-order valence-electron chi connectivity index (χ3n) is 3.99. The van der Waals surface area contributed by atoms with Gasteiger partial charge < -0.3 is 19.5 Å². The Morgan fingerprint density at radius 3 is 2.45 bits per heavy atom. The number of methoxy groups -OCH3 is 1. The number of hydrogen-bond acceptors (Lipinski definition) is 4. The summed E-state index contributed by atoms with van der Waals surface area (Å²) in [6, 6.07) is 0.537. The van der Waals surface area contributed by atoms with Gasteiger partial charge in [-0.3, -0.25) is 0 Å². The van der Waals surface area contributed by atoms with E-state index in [9.17, 15) is 0 Å². The molecular weight excluding hydrogens is 254 g/mol. The SMILES string of the molecule is CCNC(COCCCOCCOC)C1CCCCC1. The highest BCUT2D eigenvalue weighted by molar-refractivity contribution is 4.78. The van der Waals surface area contributed by atoms with Crippen molar-refractivity contribution in [1.29, 1.82) is 0 Å². The molecule has 1 aliphatic rings. The minimum absolute atomic E-state index is 0.537. The van der Waals surface area contributed by atoms with Crippen molar-refractivity contribution < 1.29 is 14.2 Å². The smallest absolute Gasteiger partial charge is 0.0700 e. The van der Waals surface area contributed by atoms with Crippen LogP contribution in [0.1, 0.15) is 45.4 Å². The molecule has 1 N–H and O–H groups in total. The molecule has 0 aromatic carbocycles. The highest BCUT2D eigenvalue weighted by Gasteiger charge is 2.22. The molecule has 0 amide bonds. The third-order valence-corrected chi connectivity index (χ3v) is 3.99. The maximum Gasteiger partial charge on any atom is 0.0700 e. The summed E-state index contributed by atoms with van der Waals surface area (Å²) in [4.78, 5) is 0. The summed E-state index contributed by atoms with van der Waals surface area (Å²) >= 11 is 0. The van der Waals surface area contributed by atoms with E-state index in [1.807, 2.05) is 0 Å². The normalized spacial score (nSPS) is 18.3. The predicted octanol–water partition coefficient (Wildman–Crippen LogP) is 2.61. The van der Waals surface area contributed by atoms with E-state index in [-0.39, 0.29) is 0 Å². The lowest BCUT2D eigenvalue weighted by Crippen LogP contribution is -2.41. The molecule has 0 heterocycles. The largest absolute Gasteiger partial charge is 0.382 e. The Kier molecular flexibility index (Phi) is 11.2. The fraction of sp³-hybridized carbons (Fsp3) is 1.00. The summed E-state index contributed by atoms with van der Waals surface area (Å²) in [6.07, 6.45) is 7.88. The third kappa shape index (κ3) is 8.20. The molecule has 0 aliphatic heterocycles. The van der Waals surface area contributed by atoms with E-state index in [1.54, 1.807) is 7.11 Å². The molecule has 0 radical (unpaired) electrons. The minimum Gasteiger partial charge on any atom is -0.382 e. The second-order valence-corrected chi connectivity index (χ2v) is 5.60. The molecule has 0 bridgehead atoms. The van der Waals surface area contributed by atoms with Crippen LogP contribution < -0.4 is 5.32 Å². The van der Waals surface area contributed by atoms with Crippen LogP contribution >= 0.6 is 0 Å². The Hall–Kier alpha value is -0.160. The first kappa shape index (κ1) is 17.9. The van der Waals surface area contributed by atoms with Crippen LogP contribution in [0.5, 0.6) is 0 Å². The van der Waals surface area contributed by atoms with Gasteiger partial charge in [-0.15, -0.1) is 0 Å². The van der Waals surface area contributed by atoms with E-state index in [1.165, 1.54) is 32.1 Å². The first-order valence-electron chi connectivity index (χ1n) is 8.26. The van der Waals surface area contributed by atoms with Gasteiger partial charge in [0.05, 0.1) is 19.8 Å². The van der Waals surface area contributed by atoms with Crippen LogP contribution in [0.25, 0.3) is 0 Å². The van der Waals surface area contributed by atoms with Crippen LogP contribution in [0.15, 0.2) is 0 Å². The van der Waals surface area contributed by atoms with Gasteiger partial charge >= 0.3 is 0 Å². The molecular formula is C16H33NO3. The summed E-state index contributed by atoms with van der Waals surface area (Å²) in [5, 5.41) is 3.60. The van der Waals surface area contributed by atoms with Gasteiger partial charge in [0.15, 0.2) is 0 Å². The van der Waals surface area contributed by atoms with Gasteiger partial charge in [-0.2, -0.15) is 0 Å². The second kappa shape index (κ2) is 12.6. The van der Waals surface area contributed by atoms with Crippen LogP contribution in [-0.4, -0.2) is 52.7 Å². The highest BCUT2D eigenvalue weighted by Crippen LogP contribution is 2.26. The fourth-order valence-corrected chi connectivity index (χ4v) is 2.88. The maximum absolute atomic E-state index is 5.83. The fourth-order valence-electron chi connectivity index (χ4n) is 2.88. The molecule has 0 saturated heterocycles. The molecule has 1 fully saturated rings. The molecule has 1 rings (SSSR count). The predicted molar refractivity (Wildman–Crippen MR) is 82.2 cm³/mol. The van der Waals surface area contributed by atoms with E-state index < -0.39 is 0 Å². The van der Waals surface area contributed by atoms with Gasteiger partial charge in [-0.05, 0) is 31.7 Å². The lowest BCUT2D eigenvalue weighted by atomic mass is 9.84. The van der Waals surface area contributed by atoms with Gasteiger partial charge in [0, 0.05) is 26.4 Å². The molecule has 0 aromatic rings. The monoisotopic (exact) mass is 287 g/mol. The minimum atomic E-state index is 0.537. The quantitative estimate of drug-likeness (QED) is 0.560. The van der Waals surface area contributed by atoms with Crippen molar-refractivity contribution in [2.24, 2.45) is 5.92 Å². The van der Waals surface area contributed by atoms with Crippen LogP contribution in [0.2, 0.25) is 0 Å².